The van der Waals surface area contributed by atoms with E-state index in [-0.39, 0.29) is 17.9 Å². The molecule has 0 saturated heterocycles. The van der Waals surface area contributed by atoms with Gasteiger partial charge in [0, 0.05) is 29.8 Å². The molecule has 3 N–H and O–H groups in total. The van der Waals surface area contributed by atoms with Crippen molar-refractivity contribution in [2.75, 3.05) is 12.3 Å². The molecule has 7 heteroatoms. The van der Waals surface area contributed by atoms with Gasteiger partial charge >= 0.3 is 6.03 Å². The Bertz CT molecular complexity index is 691. The third kappa shape index (κ3) is 4.50. The smallest absolute Gasteiger partial charge is 0.315 e. The molecule has 1 aliphatic rings. The fourth-order valence-electron chi connectivity index (χ4n) is 2.81. The van der Waals surface area contributed by atoms with Crippen molar-refractivity contribution in [3.05, 3.63) is 53.1 Å². The third-order valence-corrected chi connectivity index (χ3v) is 5.11. The number of H-pyrrole nitrogens is 1. The summed E-state index contributed by atoms with van der Waals surface area (Å²) in [6, 6.07) is 6.79. The van der Waals surface area contributed by atoms with Crippen molar-refractivity contribution in [2.24, 2.45) is 0 Å². The monoisotopic (exact) mass is 348 g/mol. The lowest BCUT2D eigenvalue weighted by Crippen LogP contribution is -2.45. The Balaban J connectivity index is 1.31. The van der Waals surface area contributed by atoms with Crippen LogP contribution in [0.1, 0.15) is 23.2 Å². The lowest BCUT2D eigenvalue weighted by molar-refractivity contribution is 0.236. The fourth-order valence-corrected chi connectivity index (χ4v) is 3.65. The van der Waals surface area contributed by atoms with E-state index >= 15 is 0 Å². The average Bonchev–Trinajstić information content (AvgIpc) is 3.04. The van der Waals surface area contributed by atoms with Crippen LogP contribution in [0.5, 0.6) is 0 Å². The maximum atomic E-state index is 13.5. The summed E-state index contributed by atoms with van der Waals surface area (Å²) in [6.45, 7) is 0.564. The number of benzene rings is 1. The van der Waals surface area contributed by atoms with Gasteiger partial charge in [0.2, 0.25) is 0 Å². The Morgan fingerprint density at radius 2 is 2.29 bits per heavy atom. The van der Waals surface area contributed by atoms with Crippen molar-refractivity contribution in [2.45, 2.75) is 31.1 Å². The Kier molecular flexibility index (Phi) is 5.74. The summed E-state index contributed by atoms with van der Waals surface area (Å²) in [5.41, 5.74) is 3.06. The highest BCUT2D eigenvalue weighted by molar-refractivity contribution is 7.98. The number of rotatable bonds is 6. The summed E-state index contributed by atoms with van der Waals surface area (Å²) in [7, 11) is 0. The molecule has 3 rings (SSSR count). The number of aromatic amines is 1. The van der Waals surface area contributed by atoms with E-state index in [4.69, 9.17) is 0 Å². The first-order valence-corrected chi connectivity index (χ1v) is 9.24. The summed E-state index contributed by atoms with van der Waals surface area (Å²) in [5, 5.41) is 12.9. The normalized spacial score (nSPS) is 16.5. The fraction of sp³-hybridized carbons (Fsp3) is 0.412. The number of urea groups is 1. The maximum Gasteiger partial charge on any atom is 0.315 e. The van der Waals surface area contributed by atoms with Gasteiger partial charge in [-0.2, -0.15) is 16.9 Å². The molecule has 2 aromatic rings. The molecule has 1 heterocycles. The molecule has 2 amide bonds. The lowest BCUT2D eigenvalue weighted by atomic mass is 9.94. The van der Waals surface area contributed by atoms with Crippen molar-refractivity contribution in [1.82, 2.24) is 20.8 Å². The van der Waals surface area contributed by atoms with Crippen LogP contribution in [0.4, 0.5) is 9.18 Å². The van der Waals surface area contributed by atoms with Gasteiger partial charge in [-0.05, 0) is 36.5 Å². The number of aryl methyl sites for hydroxylation is 1. The second-order valence-electron chi connectivity index (χ2n) is 5.86. The molecule has 5 nitrogen and oxygen atoms in total. The molecule has 0 radical (unpaired) electrons. The number of fused-ring (bicyclic) bond motifs is 1. The predicted octanol–water partition coefficient (Wildman–Crippen LogP) is 2.64. The molecule has 0 fully saturated rings. The minimum atomic E-state index is -0.174. The van der Waals surface area contributed by atoms with Crippen molar-refractivity contribution >= 4 is 17.8 Å². The highest BCUT2D eigenvalue weighted by atomic mass is 32.2. The van der Waals surface area contributed by atoms with Crippen LogP contribution >= 0.6 is 11.8 Å². The predicted molar refractivity (Wildman–Crippen MR) is 93.5 cm³/mol. The van der Waals surface area contributed by atoms with Crippen LogP contribution in [-0.2, 0) is 18.6 Å². The number of halogens is 1. The topological polar surface area (TPSA) is 69.8 Å². The molecule has 1 aromatic carbocycles. The quantitative estimate of drug-likeness (QED) is 0.703. The molecule has 1 atom stereocenters. The first-order chi connectivity index (χ1) is 11.7. The summed E-state index contributed by atoms with van der Waals surface area (Å²) >= 11 is 1.61. The summed E-state index contributed by atoms with van der Waals surface area (Å²) in [4.78, 5) is 11.9. The lowest BCUT2D eigenvalue weighted by Gasteiger charge is -2.22. The Hall–Kier alpha value is -2.02. The van der Waals surface area contributed by atoms with Gasteiger partial charge in [0.05, 0.1) is 6.20 Å². The van der Waals surface area contributed by atoms with Crippen molar-refractivity contribution in [3.63, 3.8) is 0 Å². The molecule has 128 valence electrons. The van der Waals surface area contributed by atoms with E-state index in [0.29, 0.717) is 17.9 Å². The largest absolute Gasteiger partial charge is 0.337 e. The molecular formula is C17H21FN4OS. The van der Waals surface area contributed by atoms with Gasteiger partial charge < -0.3 is 10.6 Å². The number of hydrogen-bond acceptors (Lipinski definition) is 3. The molecule has 1 unspecified atom stereocenters. The molecule has 0 aliphatic heterocycles. The minimum Gasteiger partial charge on any atom is -0.337 e. The van der Waals surface area contributed by atoms with Crippen LogP contribution < -0.4 is 10.6 Å². The van der Waals surface area contributed by atoms with Gasteiger partial charge in [0.15, 0.2) is 0 Å². The molecule has 0 saturated carbocycles. The summed E-state index contributed by atoms with van der Waals surface area (Å²) in [5.74, 6) is 1.19. The highest BCUT2D eigenvalue weighted by Gasteiger charge is 2.21. The summed E-state index contributed by atoms with van der Waals surface area (Å²) < 4.78 is 13.5. The van der Waals surface area contributed by atoms with E-state index in [1.165, 1.54) is 17.3 Å². The van der Waals surface area contributed by atoms with Crippen molar-refractivity contribution in [1.29, 1.82) is 0 Å². The van der Waals surface area contributed by atoms with E-state index < -0.39 is 0 Å². The second kappa shape index (κ2) is 8.19. The van der Waals surface area contributed by atoms with Gasteiger partial charge in [-0.1, -0.05) is 18.2 Å². The van der Waals surface area contributed by atoms with Gasteiger partial charge in [0.1, 0.15) is 5.82 Å². The SMILES string of the molecule is O=C(NCCSCc1ccccc1F)NC1CCc2[nH]ncc2C1. The number of nitrogens with one attached hydrogen (secondary N) is 3. The van der Waals surface area contributed by atoms with Crippen LogP contribution in [0.25, 0.3) is 0 Å². The van der Waals surface area contributed by atoms with Crippen LogP contribution in [0.15, 0.2) is 30.5 Å². The van der Waals surface area contributed by atoms with Crippen LogP contribution in [0, 0.1) is 5.82 Å². The molecule has 0 bridgehead atoms. The van der Waals surface area contributed by atoms with Crippen LogP contribution in [0.2, 0.25) is 0 Å². The zero-order chi connectivity index (χ0) is 16.8. The highest BCUT2D eigenvalue weighted by Crippen LogP contribution is 2.18. The Labute approximate surface area is 144 Å². The van der Waals surface area contributed by atoms with Gasteiger partial charge in [-0.3, -0.25) is 5.10 Å². The van der Waals surface area contributed by atoms with E-state index in [0.717, 1.165) is 25.0 Å². The first-order valence-electron chi connectivity index (χ1n) is 8.09. The van der Waals surface area contributed by atoms with Gasteiger partial charge in [-0.25, -0.2) is 9.18 Å². The minimum absolute atomic E-state index is 0.140. The van der Waals surface area contributed by atoms with E-state index in [9.17, 15) is 9.18 Å². The Morgan fingerprint density at radius 1 is 1.42 bits per heavy atom. The number of aromatic nitrogens is 2. The van der Waals surface area contributed by atoms with Crippen LogP contribution in [-0.4, -0.2) is 34.6 Å². The van der Waals surface area contributed by atoms with Crippen LogP contribution in [0.3, 0.4) is 0 Å². The zero-order valence-corrected chi connectivity index (χ0v) is 14.2. The second-order valence-corrected chi connectivity index (χ2v) is 6.96. The molecule has 1 aromatic heterocycles. The van der Waals surface area contributed by atoms with E-state index in [1.807, 2.05) is 12.3 Å². The van der Waals surface area contributed by atoms with E-state index in [1.54, 1.807) is 23.9 Å². The average molecular weight is 348 g/mol. The molecule has 0 spiro atoms. The number of thioether (sulfide) groups is 1. The Morgan fingerprint density at radius 3 is 3.17 bits per heavy atom. The van der Waals surface area contributed by atoms with Gasteiger partial charge in [0.25, 0.3) is 0 Å². The zero-order valence-electron chi connectivity index (χ0n) is 13.3. The number of nitrogens with zero attached hydrogens (tertiary/aromatic N) is 1. The first kappa shape index (κ1) is 16.8. The van der Waals surface area contributed by atoms with E-state index in [2.05, 4.69) is 20.8 Å². The van der Waals surface area contributed by atoms with Crippen molar-refractivity contribution in [3.8, 4) is 0 Å². The third-order valence-electron chi connectivity index (χ3n) is 4.10. The number of carbonyl (C=O) groups excluding carboxylic acids is 1. The molecule has 1 aliphatic carbocycles. The summed E-state index contributed by atoms with van der Waals surface area (Å²) in [6.07, 6.45) is 4.49. The number of hydrogen-bond donors (Lipinski definition) is 3. The number of carbonyl (C=O) groups is 1. The molecule has 24 heavy (non-hydrogen) atoms. The van der Waals surface area contributed by atoms with Gasteiger partial charge in [-0.15, -0.1) is 0 Å². The maximum absolute atomic E-state index is 13.5. The molecular weight excluding hydrogens is 327 g/mol. The standard InChI is InChI=1S/C17H21FN4OS/c18-15-4-2-1-3-12(15)11-24-8-7-19-17(23)21-14-5-6-16-13(9-14)10-20-22-16/h1-4,10,14H,5-9,11H2,(H,20,22)(H2,19,21,23). The van der Waals surface area contributed by atoms with Crippen molar-refractivity contribution < 1.29 is 9.18 Å². The number of amides is 2.